The zero-order chi connectivity index (χ0) is 23.6. The van der Waals surface area contributed by atoms with Gasteiger partial charge in [0.25, 0.3) is 5.91 Å². The van der Waals surface area contributed by atoms with Gasteiger partial charge in [-0.2, -0.15) is 10.4 Å². The molecule has 3 aromatic heterocycles. The van der Waals surface area contributed by atoms with E-state index in [4.69, 9.17) is 10.00 Å². The SMILES string of the molecule is CC(C)(O)[C@H](F)CNC(=O)c1cnc(-c2ccc3cc(C#N)cnn23)cc1N[C@@H]1CCOC1. The van der Waals surface area contributed by atoms with Crippen LogP contribution in [0.3, 0.4) is 0 Å². The molecule has 1 amide bonds. The van der Waals surface area contributed by atoms with Crippen LogP contribution in [-0.2, 0) is 4.74 Å². The minimum Gasteiger partial charge on any atom is -0.387 e. The maximum Gasteiger partial charge on any atom is 0.255 e. The molecule has 1 saturated heterocycles. The standard InChI is InChI=1S/C23H25FN6O3/c1-23(2,32)21(24)12-27-22(31)17-11-26-19(8-18(17)29-15-5-6-33-13-15)20-4-3-16-7-14(9-25)10-28-30(16)20/h3-4,7-8,10-11,15,21,32H,5-6,12-13H2,1-2H3,(H,26,29)(H,27,31)/t15-,21-/m1/s1. The summed E-state index contributed by atoms with van der Waals surface area (Å²) in [5.74, 6) is -0.501. The fourth-order valence-electron chi connectivity index (χ4n) is 3.55. The van der Waals surface area contributed by atoms with E-state index in [1.165, 1.54) is 26.2 Å². The van der Waals surface area contributed by atoms with Crippen LogP contribution in [0, 0.1) is 11.3 Å². The number of carbonyl (C=O) groups excluding carboxylic acids is 1. The van der Waals surface area contributed by atoms with Gasteiger partial charge in [0.05, 0.1) is 64.7 Å². The van der Waals surface area contributed by atoms with Gasteiger partial charge in [0.15, 0.2) is 0 Å². The summed E-state index contributed by atoms with van der Waals surface area (Å²) < 4.78 is 21.2. The lowest BCUT2D eigenvalue weighted by Gasteiger charge is -2.23. The second-order valence-corrected chi connectivity index (χ2v) is 8.56. The predicted molar refractivity (Wildman–Crippen MR) is 120 cm³/mol. The number of hydrogen-bond acceptors (Lipinski definition) is 7. The number of aliphatic hydroxyl groups is 1. The van der Waals surface area contributed by atoms with Crippen molar-refractivity contribution < 1.29 is 19.0 Å². The highest BCUT2D eigenvalue weighted by Crippen LogP contribution is 2.27. The predicted octanol–water partition coefficient (Wildman–Crippen LogP) is 2.31. The highest BCUT2D eigenvalue weighted by molar-refractivity contribution is 6.00. The number of alkyl halides is 1. The van der Waals surface area contributed by atoms with E-state index in [1.54, 1.807) is 16.6 Å². The van der Waals surface area contributed by atoms with Crippen molar-refractivity contribution in [3.63, 3.8) is 0 Å². The molecule has 3 aromatic rings. The van der Waals surface area contributed by atoms with Crippen LogP contribution in [0.2, 0.25) is 0 Å². The topological polar surface area (TPSA) is 125 Å². The molecule has 0 saturated carbocycles. The molecule has 172 valence electrons. The van der Waals surface area contributed by atoms with Crippen LogP contribution >= 0.6 is 0 Å². The quantitative estimate of drug-likeness (QED) is 0.502. The lowest BCUT2D eigenvalue weighted by atomic mass is 10.0. The summed E-state index contributed by atoms with van der Waals surface area (Å²) in [6.45, 7) is 3.51. The molecule has 1 fully saturated rings. The fourth-order valence-corrected chi connectivity index (χ4v) is 3.55. The van der Waals surface area contributed by atoms with E-state index in [0.717, 1.165) is 11.9 Å². The molecule has 0 unspecified atom stereocenters. The molecule has 0 spiro atoms. The van der Waals surface area contributed by atoms with Gasteiger partial charge >= 0.3 is 0 Å². The van der Waals surface area contributed by atoms with Gasteiger partial charge in [-0.25, -0.2) is 8.91 Å². The van der Waals surface area contributed by atoms with Crippen molar-refractivity contribution in [3.8, 4) is 17.5 Å². The van der Waals surface area contributed by atoms with Gasteiger partial charge in [0.2, 0.25) is 0 Å². The minimum absolute atomic E-state index is 0.0254. The summed E-state index contributed by atoms with van der Waals surface area (Å²) in [4.78, 5) is 17.3. The van der Waals surface area contributed by atoms with Crippen LogP contribution in [-0.4, -0.2) is 63.2 Å². The van der Waals surface area contributed by atoms with Gasteiger partial charge in [0.1, 0.15) is 12.2 Å². The number of rotatable bonds is 7. The van der Waals surface area contributed by atoms with Crippen molar-refractivity contribution in [1.82, 2.24) is 19.9 Å². The van der Waals surface area contributed by atoms with Gasteiger partial charge in [-0.3, -0.25) is 9.78 Å². The Morgan fingerprint density at radius 3 is 2.94 bits per heavy atom. The van der Waals surface area contributed by atoms with E-state index >= 15 is 0 Å². The molecule has 3 N–H and O–H groups in total. The summed E-state index contributed by atoms with van der Waals surface area (Å²) in [5.41, 5.74) is 1.69. The van der Waals surface area contributed by atoms with E-state index in [0.29, 0.717) is 35.9 Å². The molecular formula is C23H25FN6O3. The normalized spacial score (nSPS) is 17.0. The molecule has 9 nitrogen and oxygen atoms in total. The average Bonchev–Trinajstić information content (AvgIpc) is 3.45. The first-order valence-corrected chi connectivity index (χ1v) is 10.6. The third kappa shape index (κ3) is 4.94. The highest BCUT2D eigenvalue weighted by atomic mass is 19.1. The van der Waals surface area contributed by atoms with Crippen LogP contribution in [0.5, 0.6) is 0 Å². The smallest absolute Gasteiger partial charge is 0.255 e. The molecule has 33 heavy (non-hydrogen) atoms. The van der Waals surface area contributed by atoms with Crippen molar-refractivity contribution in [2.45, 2.75) is 38.1 Å². The lowest BCUT2D eigenvalue weighted by Crippen LogP contribution is -2.42. The number of halogens is 1. The first-order chi connectivity index (χ1) is 15.8. The summed E-state index contributed by atoms with van der Waals surface area (Å²) in [6.07, 6.45) is 2.08. The maximum atomic E-state index is 14.1. The number of hydrogen-bond donors (Lipinski definition) is 3. The van der Waals surface area contributed by atoms with Crippen LogP contribution in [0.4, 0.5) is 10.1 Å². The van der Waals surface area contributed by atoms with Gasteiger partial charge < -0.3 is 20.5 Å². The van der Waals surface area contributed by atoms with Crippen LogP contribution in [0.1, 0.15) is 36.2 Å². The van der Waals surface area contributed by atoms with Crippen LogP contribution in [0.25, 0.3) is 16.9 Å². The van der Waals surface area contributed by atoms with Crippen molar-refractivity contribution in [3.05, 3.63) is 47.8 Å². The zero-order valence-electron chi connectivity index (χ0n) is 18.4. The Morgan fingerprint density at radius 2 is 2.24 bits per heavy atom. The number of anilines is 1. The largest absolute Gasteiger partial charge is 0.387 e. The zero-order valence-corrected chi connectivity index (χ0v) is 18.4. The Labute approximate surface area is 190 Å². The lowest BCUT2D eigenvalue weighted by molar-refractivity contribution is -0.00177. The van der Waals surface area contributed by atoms with Gasteiger partial charge in [-0.15, -0.1) is 0 Å². The summed E-state index contributed by atoms with van der Waals surface area (Å²) in [5, 5.41) is 29.1. The molecule has 4 heterocycles. The van der Waals surface area contributed by atoms with Gasteiger partial charge in [0, 0.05) is 12.8 Å². The van der Waals surface area contributed by atoms with E-state index in [9.17, 15) is 14.3 Å². The van der Waals surface area contributed by atoms with Gasteiger partial charge in [-0.1, -0.05) is 0 Å². The number of nitriles is 1. The molecule has 2 atom stereocenters. The molecule has 1 aliphatic rings. The number of carbonyl (C=O) groups is 1. The first kappa shape index (κ1) is 22.6. The second-order valence-electron chi connectivity index (χ2n) is 8.56. The Bertz CT molecular complexity index is 1210. The number of nitrogens with one attached hydrogen (secondary N) is 2. The Balaban J connectivity index is 1.65. The number of fused-ring (bicyclic) bond motifs is 1. The van der Waals surface area contributed by atoms with Crippen molar-refractivity contribution in [2.75, 3.05) is 25.1 Å². The fraction of sp³-hybridized carbons (Fsp3) is 0.391. The number of nitrogens with zero attached hydrogens (tertiary/aromatic N) is 4. The molecule has 1 aliphatic heterocycles. The maximum absolute atomic E-state index is 14.1. The molecule has 0 bridgehead atoms. The van der Waals surface area contributed by atoms with Crippen LogP contribution < -0.4 is 10.6 Å². The van der Waals surface area contributed by atoms with E-state index < -0.39 is 17.7 Å². The van der Waals surface area contributed by atoms with Crippen LogP contribution in [0.15, 0.2) is 36.7 Å². The minimum atomic E-state index is -1.62. The van der Waals surface area contributed by atoms with E-state index in [2.05, 4.69) is 26.8 Å². The monoisotopic (exact) mass is 452 g/mol. The van der Waals surface area contributed by atoms with Crippen molar-refractivity contribution >= 4 is 17.1 Å². The third-order valence-corrected chi connectivity index (χ3v) is 5.54. The summed E-state index contributed by atoms with van der Waals surface area (Å²) in [6, 6.07) is 9.24. The molecular weight excluding hydrogens is 427 g/mol. The number of aromatic nitrogens is 3. The number of amides is 1. The third-order valence-electron chi connectivity index (χ3n) is 5.54. The summed E-state index contributed by atoms with van der Waals surface area (Å²) in [7, 11) is 0. The van der Waals surface area contributed by atoms with E-state index in [1.807, 2.05) is 12.1 Å². The molecule has 10 heteroatoms. The Hall–Kier alpha value is -3.55. The Morgan fingerprint density at radius 1 is 1.42 bits per heavy atom. The van der Waals surface area contributed by atoms with Crippen molar-refractivity contribution in [2.24, 2.45) is 0 Å². The first-order valence-electron chi connectivity index (χ1n) is 10.6. The second kappa shape index (κ2) is 9.13. The number of ether oxygens (including phenoxy) is 1. The average molecular weight is 452 g/mol. The summed E-state index contributed by atoms with van der Waals surface area (Å²) >= 11 is 0. The molecule has 0 radical (unpaired) electrons. The Kier molecular flexibility index (Phi) is 6.26. The number of pyridine rings is 1. The molecule has 4 rings (SSSR count). The molecule has 0 aliphatic carbocycles. The highest BCUT2D eigenvalue weighted by Gasteiger charge is 2.28. The van der Waals surface area contributed by atoms with Crippen molar-refractivity contribution in [1.29, 1.82) is 5.26 Å². The van der Waals surface area contributed by atoms with E-state index in [-0.39, 0.29) is 18.2 Å². The van der Waals surface area contributed by atoms with Gasteiger partial charge in [-0.05, 0) is 44.5 Å². The molecule has 0 aromatic carbocycles.